The maximum absolute atomic E-state index is 12.6. The quantitative estimate of drug-likeness (QED) is 0.918. The molecule has 1 heterocycles. The molecule has 3 nitrogen and oxygen atoms in total. The molecular weight excluding hydrogens is 282 g/mol. The topological polar surface area (TPSA) is 46.2 Å². The normalized spacial score (nSPS) is 17.5. The Morgan fingerprint density at radius 1 is 1.43 bits per heavy atom. The molecule has 1 aliphatic rings. The Morgan fingerprint density at radius 3 is 2.95 bits per heavy atom. The van der Waals surface area contributed by atoms with Gasteiger partial charge in [-0.2, -0.15) is 0 Å². The third-order valence-corrected chi connectivity index (χ3v) is 5.46. The molecule has 0 fully saturated rings. The molecule has 1 atom stereocenters. The fourth-order valence-electron chi connectivity index (χ4n) is 3.04. The molecule has 1 aliphatic carbocycles. The lowest BCUT2D eigenvalue weighted by Gasteiger charge is -2.22. The number of carbonyl (C=O) groups excluding carboxylic acids is 1. The number of hydrogen-bond donors (Lipinski definition) is 1. The minimum Gasteiger partial charge on any atom is -0.326 e. The molecule has 21 heavy (non-hydrogen) atoms. The molecule has 1 unspecified atom stereocenters. The van der Waals surface area contributed by atoms with Crippen molar-refractivity contribution in [1.82, 2.24) is 0 Å². The predicted octanol–water partition coefficient (Wildman–Crippen LogP) is 3.73. The maximum Gasteiger partial charge on any atom is 0.221 e. The Bertz CT molecular complexity index is 763. The highest BCUT2D eigenvalue weighted by Gasteiger charge is 2.21. The molecule has 2 aromatic rings. The fraction of sp³-hybridized carbons (Fsp3) is 0.412. The highest BCUT2D eigenvalue weighted by atomic mass is 32.1. The van der Waals surface area contributed by atoms with Crippen LogP contribution in [0.4, 0.5) is 5.69 Å². The summed E-state index contributed by atoms with van der Waals surface area (Å²) in [6, 6.07) is 5.56. The number of hydrogen-bond acceptors (Lipinski definition) is 3. The van der Waals surface area contributed by atoms with Crippen molar-refractivity contribution in [3.8, 4) is 0 Å². The van der Waals surface area contributed by atoms with E-state index in [9.17, 15) is 9.59 Å². The van der Waals surface area contributed by atoms with Crippen molar-refractivity contribution < 1.29 is 4.79 Å². The first kappa shape index (κ1) is 14.3. The van der Waals surface area contributed by atoms with Crippen LogP contribution in [0.1, 0.15) is 37.1 Å². The zero-order valence-electron chi connectivity index (χ0n) is 12.4. The van der Waals surface area contributed by atoms with Crippen LogP contribution in [0.3, 0.4) is 0 Å². The fourth-order valence-corrected chi connectivity index (χ4v) is 4.40. The number of benzene rings is 1. The second-order valence-electron chi connectivity index (χ2n) is 5.74. The molecule has 0 bridgehead atoms. The molecule has 0 aliphatic heterocycles. The first-order valence-electron chi connectivity index (χ1n) is 7.44. The van der Waals surface area contributed by atoms with E-state index in [1.54, 1.807) is 11.3 Å². The minimum atomic E-state index is -0.0919. The highest BCUT2D eigenvalue weighted by Crippen LogP contribution is 2.32. The Morgan fingerprint density at radius 2 is 2.24 bits per heavy atom. The summed E-state index contributed by atoms with van der Waals surface area (Å²) in [6.45, 7) is 3.71. The van der Waals surface area contributed by atoms with Crippen molar-refractivity contribution in [3.63, 3.8) is 0 Å². The van der Waals surface area contributed by atoms with E-state index < -0.39 is 0 Å². The van der Waals surface area contributed by atoms with Gasteiger partial charge in [0.05, 0.1) is 0 Å². The number of carbonyl (C=O) groups is 1. The molecular formula is C17H19NO2S. The van der Waals surface area contributed by atoms with Gasteiger partial charge in [-0.05, 0) is 43.4 Å². The average molecular weight is 301 g/mol. The molecule has 1 aromatic heterocycles. The molecule has 110 valence electrons. The SMILES string of the molecule is CCC1CCc2c(sc3cc(NC(C)=O)ccc3c2=O)C1. The van der Waals surface area contributed by atoms with Crippen LogP contribution < -0.4 is 10.7 Å². The Kier molecular flexibility index (Phi) is 3.81. The van der Waals surface area contributed by atoms with Crippen LogP contribution in [0.5, 0.6) is 0 Å². The first-order valence-corrected chi connectivity index (χ1v) is 8.26. The summed E-state index contributed by atoms with van der Waals surface area (Å²) in [5.74, 6) is 0.606. The lowest BCUT2D eigenvalue weighted by Crippen LogP contribution is -2.20. The predicted molar refractivity (Wildman–Crippen MR) is 88.2 cm³/mol. The Balaban J connectivity index is 2.11. The van der Waals surface area contributed by atoms with E-state index in [1.807, 2.05) is 18.2 Å². The van der Waals surface area contributed by atoms with Crippen LogP contribution in [0, 0.1) is 5.92 Å². The second-order valence-corrected chi connectivity index (χ2v) is 6.88. The molecule has 1 amide bonds. The second kappa shape index (κ2) is 5.60. The van der Waals surface area contributed by atoms with Gasteiger partial charge in [-0.15, -0.1) is 11.3 Å². The molecule has 0 saturated heterocycles. The van der Waals surface area contributed by atoms with Crippen LogP contribution >= 0.6 is 11.3 Å². The van der Waals surface area contributed by atoms with E-state index in [4.69, 9.17) is 0 Å². The van der Waals surface area contributed by atoms with E-state index in [-0.39, 0.29) is 11.3 Å². The lowest BCUT2D eigenvalue weighted by atomic mass is 9.87. The Labute approximate surface area is 128 Å². The van der Waals surface area contributed by atoms with Crippen molar-refractivity contribution >= 4 is 33.0 Å². The third-order valence-electron chi connectivity index (χ3n) is 4.24. The molecule has 0 radical (unpaired) electrons. The largest absolute Gasteiger partial charge is 0.326 e. The maximum atomic E-state index is 12.6. The summed E-state index contributed by atoms with van der Waals surface area (Å²) in [5, 5.41) is 3.56. The number of nitrogens with one attached hydrogen (secondary N) is 1. The van der Waals surface area contributed by atoms with Crippen LogP contribution in [0.25, 0.3) is 10.1 Å². The van der Waals surface area contributed by atoms with Gasteiger partial charge in [0.1, 0.15) is 0 Å². The summed E-state index contributed by atoms with van der Waals surface area (Å²) in [7, 11) is 0. The van der Waals surface area contributed by atoms with Gasteiger partial charge in [-0.25, -0.2) is 0 Å². The zero-order valence-corrected chi connectivity index (χ0v) is 13.2. The first-order chi connectivity index (χ1) is 10.1. The van der Waals surface area contributed by atoms with Gasteiger partial charge in [-0.1, -0.05) is 13.3 Å². The molecule has 0 spiro atoms. The van der Waals surface area contributed by atoms with Gasteiger partial charge in [0, 0.05) is 33.1 Å². The van der Waals surface area contributed by atoms with E-state index in [0.29, 0.717) is 5.92 Å². The Hall–Kier alpha value is -1.68. The van der Waals surface area contributed by atoms with E-state index >= 15 is 0 Å². The van der Waals surface area contributed by atoms with E-state index in [1.165, 1.54) is 18.2 Å². The molecule has 0 saturated carbocycles. The van der Waals surface area contributed by atoms with Crippen LogP contribution in [0.15, 0.2) is 23.0 Å². The van der Waals surface area contributed by atoms with Crippen molar-refractivity contribution in [3.05, 3.63) is 38.9 Å². The summed E-state index contributed by atoms with van der Waals surface area (Å²) in [5.41, 5.74) is 1.96. The van der Waals surface area contributed by atoms with Gasteiger partial charge in [0.25, 0.3) is 0 Å². The average Bonchev–Trinajstić information content (AvgIpc) is 2.46. The van der Waals surface area contributed by atoms with Gasteiger partial charge < -0.3 is 5.32 Å². The van der Waals surface area contributed by atoms with E-state index in [2.05, 4.69) is 12.2 Å². The minimum absolute atomic E-state index is 0.0919. The van der Waals surface area contributed by atoms with Gasteiger partial charge in [0.2, 0.25) is 5.91 Å². The van der Waals surface area contributed by atoms with Gasteiger partial charge in [-0.3, -0.25) is 9.59 Å². The monoisotopic (exact) mass is 301 g/mol. The van der Waals surface area contributed by atoms with Crippen molar-refractivity contribution in [1.29, 1.82) is 0 Å². The zero-order chi connectivity index (χ0) is 15.0. The molecule has 3 rings (SSSR count). The van der Waals surface area contributed by atoms with Crippen LogP contribution in [-0.2, 0) is 17.6 Å². The number of anilines is 1. The van der Waals surface area contributed by atoms with E-state index in [0.717, 1.165) is 40.6 Å². The molecule has 1 aromatic carbocycles. The van der Waals surface area contributed by atoms with Crippen molar-refractivity contribution in [2.45, 2.75) is 39.5 Å². The summed E-state index contributed by atoms with van der Waals surface area (Å²) < 4.78 is 0.974. The smallest absolute Gasteiger partial charge is 0.221 e. The third kappa shape index (κ3) is 2.72. The highest BCUT2D eigenvalue weighted by molar-refractivity contribution is 7.18. The van der Waals surface area contributed by atoms with Crippen LogP contribution in [0.2, 0.25) is 0 Å². The summed E-state index contributed by atoms with van der Waals surface area (Å²) in [6.07, 6.45) is 4.23. The molecule has 4 heteroatoms. The number of amides is 1. The summed E-state index contributed by atoms with van der Waals surface area (Å²) >= 11 is 1.71. The van der Waals surface area contributed by atoms with Gasteiger partial charge in [0.15, 0.2) is 5.43 Å². The standard InChI is InChI=1S/C17H19NO2S/c1-3-11-4-6-13-15(8-11)21-16-9-12(18-10(2)19)5-7-14(16)17(13)20/h5,7,9,11H,3-4,6,8H2,1-2H3,(H,18,19). The van der Waals surface area contributed by atoms with Crippen LogP contribution in [-0.4, -0.2) is 5.91 Å². The number of rotatable bonds is 2. The summed E-state index contributed by atoms with van der Waals surface area (Å²) in [4.78, 5) is 25.0. The molecule has 1 N–H and O–H groups in total. The van der Waals surface area contributed by atoms with Gasteiger partial charge >= 0.3 is 0 Å². The van der Waals surface area contributed by atoms with Crippen molar-refractivity contribution in [2.75, 3.05) is 5.32 Å². The number of fused-ring (bicyclic) bond motifs is 2. The lowest BCUT2D eigenvalue weighted by molar-refractivity contribution is -0.114. The van der Waals surface area contributed by atoms with Crippen molar-refractivity contribution in [2.24, 2.45) is 5.92 Å².